The minimum atomic E-state index is -0.334. The molecule has 0 aliphatic heterocycles. The lowest BCUT2D eigenvalue weighted by Gasteiger charge is -2.10. The summed E-state index contributed by atoms with van der Waals surface area (Å²) in [7, 11) is 0. The molecule has 3 aromatic heterocycles. The first kappa shape index (κ1) is 22.3. The summed E-state index contributed by atoms with van der Waals surface area (Å²) in [4.78, 5) is 35.2. The molecule has 34 heavy (non-hydrogen) atoms. The molecule has 0 aliphatic rings. The molecule has 8 heteroatoms. The number of H-pyrrole nitrogens is 1. The van der Waals surface area contributed by atoms with Crippen molar-refractivity contribution in [3.8, 4) is 11.1 Å². The van der Waals surface area contributed by atoms with E-state index >= 15 is 0 Å². The van der Waals surface area contributed by atoms with Crippen molar-refractivity contribution in [3.05, 3.63) is 94.0 Å². The number of thioether (sulfide) groups is 1. The molecule has 170 valence electrons. The Morgan fingerprint density at radius 1 is 1.24 bits per heavy atom. The van der Waals surface area contributed by atoms with Gasteiger partial charge in [-0.1, -0.05) is 48.2 Å². The van der Waals surface area contributed by atoms with E-state index in [2.05, 4.69) is 11.6 Å². The molecule has 0 radical (unpaired) electrons. The molecule has 2 aromatic carbocycles. The normalized spacial score (nSPS) is 11.4. The SMILES string of the molecule is C=CCn1c(SCC(=O)c2c(C)[nH]c3ccccc23)nc2scc(-c3ccc(F)cc3)c2c1=O. The van der Waals surface area contributed by atoms with Crippen LogP contribution in [0.25, 0.3) is 32.2 Å². The van der Waals surface area contributed by atoms with Crippen molar-refractivity contribution in [2.24, 2.45) is 0 Å². The summed E-state index contributed by atoms with van der Waals surface area (Å²) in [5, 5.41) is 3.71. The lowest BCUT2D eigenvalue weighted by Crippen LogP contribution is -2.23. The van der Waals surface area contributed by atoms with Crippen molar-refractivity contribution >= 4 is 50.0 Å². The number of aromatic amines is 1. The molecule has 5 rings (SSSR count). The maximum atomic E-state index is 13.5. The van der Waals surface area contributed by atoms with Crippen molar-refractivity contribution in [1.82, 2.24) is 14.5 Å². The van der Waals surface area contributed by atoms with Crippen LogP contribution in [0.2, 0.25) is 0 Å². The first-order chi connectivity index (χ1) is 16.5. The third-order valence-electron chi connectivity index (χ3n) is 5.63. The van der Waals surface area contributed by atoms with E-state index < -0.39 is 0 Å². The Bertz CT molecular complexity index is 1610. The first-order valence-electron chi connectivity index (χ1n) is 10.6. The van der Waals surface area contributed by atoms with Gasteiger partial charge in [0, 0.05) is 39.6 Å². The van der Waals surface area contributed by atoms with Crippen LogP contribution in [0.15, 0.2) is 76.5 Å². The summed E-state index contributed by atoms with van der Waals surface area (Å²) >= 11 is 2.60. The van der Waals surface area contributed by atoms with Gasteiger partial charge in [0.05, 0.1) is 11.1 Å². The molecular formula is C26H20FN3O2S2. The molecule has 1 N–H and O–H groups in total. The monoisotopic (exact) mass is 489 g/mol. The number of allylic oxidation sites excluding steroid dienone is 1. The fourth-order valence-corrected chi connectivity index (χ4v) is 5.96. The highest BCUT2D eigenvalue weighted by Gasteiger charge is 2.20. The van der Waals surface area contributed by atoms with Crippen LogP contribution < -0.4 is 5.56 Å². The number of benzene rings is 2. The van der Waals surface area contributed by atoms with Gasteiger partial charge in [-0.25, -0.2) is 9.37 Å². The molecule has 0 unspecified atom stereocenters. The summed E-state index contributed by atoms with van der Waals surface area (Å²) < 4.78 is 14.9. The number of carbonyl (C=O) groups excluding carboxylic acids is 1. The van der Waals surface area contributed by atoms with E-state index in [1.165, 1.54) is 39.8 Å². The van der Waals surface area contributed by atoms with Crippen LogP contribution in [0.4, 0.5) is 4.39 Å². The first-order valence-corrected chi connectivity index (χ1v) is 12.5. The predicted octanol–water partition coefficient (Wildman–Crippen LogP) is 6.21. The zero-order valence-corrected chi connectivity index (χ0v) is 19.9. The number of ketones is 1. The Hall–Kier alpha value is -3.49. The molecule has 0 saturated heterocycles. The zero-order valence-electron chi connectivity index (χ0n) is 18.3. The van der Waals surface area contributed by atoms with Crippen LogP contribution >= 0.6 is 23.1 Å². The van der Waals surface area contributed by atoms with Crippen LogP contribution in [-0.2, 0) is 6.54 Å². The number of nitrogens with zero attached hydrogens (tertiary/aromatic N) is 2. The summed E-state index contributed by atoms with van der Waals surface area (Å²) in [6.07, 6.45) is 1.63. The summed E-state index contributed by atoms with van der Waals surface area (Å²) in [6, 6.07) is 13.8. The quantitative estimate of drug-likeness (QED) is 0.128. The van der Waals surface area contributed by atoms with Gasteiger partial charge in [-0.2, -0.15) is 0 Å². The molecule has 0 atom stereocenters. The number of rotatable bonds is 7. The maximum Gasteiger partial charge on any atom is 0.263 e. The maximum absolute atomic E-state index is 13.5. The summed E-state index contributed by atoms with van der Waals surface area (Å²) in [5.74, 6) is -0.217. The number of hydrogen-bond acceptors (Lipinski definition) is 5. The number of Topliss-reactive ketones (excluding diaryl/α,β-unsaturated/α-hetero) is 1. The second-order valence-electron chi connectivity index (χ2n) is 7.82. The van der Waals surface area contributed by atoms with Crippen LogP contribution in [0.1, 0.15) is 16.1 Å². The Balaban J connectivity index is 1.52. The van der Waals surface area contributed by atoms with Crippen LogP contribution in [0.5, 0.6) is 0 Å². The van der Waals surface area contributed by atoms with Gasteiger partial charge >= 0.3 is 0 Å². The number of fused-ring (bicyclic) bond motifs is 2. The summed E-state index contributed by atoms with van der Waals surface area (Å²) in [5.41, 5.74) is 3.67. The Kier molecular flexibility index (Phi) is 5.93. The van der Waals surface area contributed by atoms with Crippen molar-refractivity contribution in [3.63, 3.8) is 0 Å². The van der Waals surface area contributed by atoms with Crippen molar-refractivity contribution in [1.29, 1.82) is 0 Å². The van der Waals surface area contributed by atoms with Gasteiger partial charge in [0.25, 0.3) is 5.56 Å². The average molecular weight is 490 g/mol. The van der Waals surface area contributed by atoms with Gasteiger partial charge in [0.1, 0.15) is 10.6 Å². The number of para-hydroxylation sites is 1. The fraction of sp³-hybridized carbons (Fsp3) is 0.115. The highest BCUT2D eigenvalue weighted by atomic mass is 32.2. The molecule has 0 aliphatic carbocycles. The van der Waals surface area contributed by atoms with Crippen LogP contribution in [0.3, 0.4) is 0 Å². The van der Waals surface area contributed by atoms with Gasteiger partial charge in [-0.05, 0) is 30.7 Å². The molecule has 0 bridgehead atoms. The number of hydrogen-bond donors (Lipinski definition) is 1. The van der Waals surface area contributed by atoms with Crippen LogP contribution in [-0.4, -0.2) is 26.1 Å². The Morgan fingerprint density at radius 3 is 2.76 bits per heavy atom. The van der Waals surface area contributed by atoms with E-state index in [1.807, 2.05) is 36.6 Å². The minimum Gasteiger partial charge on any atom is -0.358 e. The Labute approximate surface area is 203 Å². The minimum absolute atomic E-state index is 0.0300. The number of halogens is 1. The zero-order chi connectivity index (χ0) is 23.8. The third-order valence-corrected chi connectivity index (χ3v) is 7.48. The fourth-order valence-electron chi connectivity index (χ4n) is 4.09. The lowest BCUT2D eigenvalue weighted by molar-refractivity contribution is 0.102. The van der Waals surface area contributed by atoms with E-state index in [9.17, 15) is 14.0 Å². The summed E-state index contributed by atoms with van der Waals surface area (Å²) in [6.45, 7) is 5.93. The second kappa shape index (κ2) is 9.04. The standard InChI is InChI=1S/C26H20FN3O2S2/c1-3-12-30-25(32)23-19(16-8-10-17(27)11-9-16)13-33-24(23)29-26(30)34-14-21(31)22-15(2)28-20-7-5-4-6-18(20)22/h3-11,13,28H,1,12,14H2,2H3. The number of aryl methyl sites for hydroxylation is 1. The molecular weight excluding hydrogens is 469 g/mol. The smallest absolute Gasteiger partial charge is 0.263 e. The van der Waals surface area contributed by atoms with E-state index in [1.54, 1.807) is 18.2 Å². The van der Waals surface area contributed by atoms with E-state index in [4.69, 9.17) is 4.98 Å². The number of carbonyl (C=O) groups is 1. The second-order valence-corrected chi connectivity index (χ2v) is 9.62. The van der Waals surface area contributed by atoms with Gasteiger partial charge in [0.15, 0.2) is 10.9 Å². The Morgan fingerprint density at radius 2 is 2.00 bits per heavy atom. The van der Waals surface area contributed by atoms with E-state index in [0.717, 1.165) is 27.7 Å². The van der Waals surface area contributed by atoms with Gasteiger partial charge in [-0.3, -0.25) is 14.2 Å². The van der Waals surface area contributed by atoms with Gasteiger partial charge in [0.2, 0.25) is 0 Å². The molecule has 0 amide bonds. The molecule has 0 fully saturated rings. The highest BCUT2D eigenvalue weighted by molar-refractivity contribution is 7.99. The predicted molar refractivity (Wildman–Crippen MR) is 138 cm³/mol. The van der Waals surface area contributed by atoms with Crippen molar-refractivity contribution < 1.29 is 9.18 Å². The van der Waals surface area contributed by atoms with Crippen LogP contribution in [0, 0.1) is 12.7 Å². The largest absolute Gasteiger partial charge is 0.358 e. The molecule has 0 spiro atoms. The molecule has 5 nitrogen and oxygen atoms in total. The molecule has 5 aromatic rings. The average Bonchev–Trinajstić information content (AvgIpc) is 3.40. The van der Waals surface area contributed by atoms with Crippen molar-refractivity contribution in [2.45, 2.75) is 18.6 Å². The van der Waals surface area contributed by atoms with E-state index in [-0.39, 0.29) is 29.5 Å². The molecule has 0 saturated carbocycles. The molecule has 3 heterocycles. The third kappa shape index (κ3) is 3.89. The van der Waals surface area contributed by atoms with Gasteiger partial charge < -0.3 is 4.98 Å². The number of aromatic nitrogens is 3. The van der Waals surface area contributed by atoms with E-state index in [0.29, 0.717) is 20.9 Å². The lowest BCUT2D eigenvalue weighted by atomic mass is 10.1. The number of nitrogens with one attached hydrogen (secondary N) is 1. The highest BCUT2D eigenvalue weighted by Crippen LogP contribution is 2.33. The van der Waals surface area contributed by atoms with Gasteiger partial charge in [-0.15, -0.1) is 17.9 Å². The topological polar surface area (TPSA) is 67.8 Å². The van der Waals surface area contributed by atoms with Crippen molar-refractivity contribution in [2.75, 3.05) is 5.75 Å². The number of thiophene rings is 1.